The number of methoxy groups -OCH3 is 1. The summed E-state index contributed by atoms with van der Waals surface area (Å²) in [7, 11) is 1.61. The first-order chi connectivity index (χ1) is 11.7. The van der Waals surface area contributed by atoms with Gasteiger partial charge in [0.1, 0.15) is 0 Å². The molecule has 0 bridgehead atoms. The van der Waals surface area contributed by atoms with Crippen molar-refractivity contribution in [3.8, 4) is 11.3 Å². The third-order valence-electron chi connectivity index (χ3n) is 3.43. The predicted octanol–water partition coefficient (Wildman–Crippen LogP) is 4.86. The van der Waals surface area contributed by atoms with Crippen molar-refractivity contribution in [1.82, 2.24) is 4.98 Å². The molecule has 4 nitrogen and oxygen atoms in total. The van der Waals surface area contributed by atoms with E-state index in [1.165, 1.54) is 11.3 Å². The summed E-state index contributed by atoms with van der Waals surface area (Å²) in [6, 6.07) is 14.8. The largest absolute Gasteiger partial charge is 0.380 e. The molecule has 3 aromatic rings. The molecular weight excluding hydrogens is 344 g/mol. The van der Waals surface area contributed by atoms with Crippen LogP contribution in [0.4, 0.5) is 5.13 Å². The van der Waals surface area contributed by atoms with E-state index in [1.807, 2.05) is 47.8 Å². The van der Waals surface area contributed by atoms with E-state index in [-0.39, 0.29) is 5.91 Å². The monoisotopic (exact) mass is 358 g/mol. The van der Waals surface area contributed by atoms with Crippen molar-refractivity contribution >= 4 is 34.0 Å². The molecule has 0 fully saturated rings. The number of nitrogens with zero attached hydrogens (tertiary/aromatic N) is 1. The fraction of sp³-hybridized carbons (Fsp3) is 0.111. The summed E-state index contributed by atoms with van der Waals surface area (Å²) in [6.45, 7) is 0.386. The van der Waals surface area contributed by atoms with E-state index in [0.29, 0.717) is 22.3 Å². The summed E-state index contributed by atoms with van der Waals surface area (Å²) < 4.78 is 5.14. The van der Waals surface area contributed by atoms with E-state index in [2.05, 4.69) is 10.3 Å². The Bertz CT molecular complexity index is 846. The van der Waals surface area contributed by atoms with Crippen LogP contribution in [0.1, 0.15) is 15.9 Å². The van der Waals surface area contributed by atoms with Crippen molar-refractivity contribution in [3.63, 3.8) is 0 Å². The number of halogens is 1. The van der Waals surface area contributed by atoms with Gasteiger partial charge in [-0.15, -0.1) is 11.3 Å². The second-order valence-corrected chi connectivity index (χ2v) is 6.38. The fourth-order valence-corrected chi connectivity index (χ4v) is 3.11. The van der Waals surface area contributed by atoms with Gasteiger partial charge >= 0.3 is 0 Å². The first-order valence-electron chi connectivity index (χ1n) is 7.27. The Hall–Kier alpha value is -2.21. The Balaban J connectivity index is 1.77. The highest BCUT2D eigenvalue weighted by molar-refractivity contribution is 7.14. The van der Waals surface area contributed by atoms with E-state index in [9.17, 15) is 4.79 Å². The molecule has 0 saturated heterocycles. The van der Waals surface area contributed by atoms with Crippen molar-refractivity contribution < 1.29 is 9.53 Å². The van der Waals surface area contributed by atoms with Crippen LogP contribution in [0.5, 0.6) is 0 Å². The molecule has 0 spiro atoms. The molecule has 122 valence electrons. The van der Waals surface area contributed by atoms with Crippen LogP contribution < -0.4 is 5.32 Å². The third kappa shape index (κ3) is 3.82. The maximum Gasteiger partial charge on any atom is 0.257 e. The lowest BCUT2D eigenvalue weighted by Crippen LogP contribution is -2.14. The minimum atomic E-state index is -0.195. The maximum atomic E-state index is 12.5. The molecular formula is C18H15ClN2O2S. The molecule has 0 aliphatic rings. The summed E-state index contributed by atoms with van der Waals surface area (Å²) in [4.78, 5) is 16.9. The van der Waals surface area contributed by atoms with Gasteiger partial charge in [0.25, 0.3) is 5.91 Å². The molecule has 3 rings (SSSR count). The van der Waals surface area contributed by atoms with Crippen LogP contribution in [0.3, 0.4) is 0 Å². The highest BCUT2D eigenvalue weighted by Gasteiger charge is 2.13. The molecule has 24 heavy (non-hydrogen) atoms. The number of benzene rings is 2. The summed E-state index contributed by atoms with van der Waals surface area (Å²) in [5, 5.41) is 5.98. The smallest absolute Gasteiger partial charge is 0.257 e. The molecule has 0 aliphatic heterocycles. The van der Waals surface area contributed by atoms with E-state index in [4.69, 9.17) is 16.3 Å². The van der Waals surface area contributed by atoms with Crippen LogP contribution in [-0.4, -0.2) is 18.0 Å². The van der Waals surface area contributed by atoms with E-state index in [0.717, 1.165) is 16.8 Å². The molecule has 2 aromatic carbocycles. The highest BCUT2D eigenvalue weighted by Crippen LogP contribution is 2.26. The minimum Gasteiger partial charge on any atom is -0.380 e. The lowest BCUT2D eigenvalue weighted by molar-refractivity contribution is 0.102. The standard InChI is InChI=1S/C18H15ClN2O2S/c1-23-10-13-4-2-3-5-15(13)17(22)21-18-20-16(11-24-18)12-6-8-14(19)9-7-12/h2-9,11H,10H2,1H3,(H,20,21,22). The van der Waals surface area contributed by atoms with Gasteiger partial charge in [-0.3, -0.25) is 10.1 Å². The van der Waals surface area contributed by atoms with Gasteiger partial charge in [0.05, 0.1) is 12.3 Å². The topological polar surface area (TPSA) is 51.2 Å². The van der Waals surface area contributed by atoms with E-state index >= 15 is 0 Å². The number of carbonyl (C=O) groups is 1. The molecule has 0 unspecified atom stereocenters. The van der Waals surface area contributed by atoms with Gasteiger partial charge in [-0.05, 0) is 23.8 Å². The van der Waals surface area contributed by atoms with Gasteiger partial charge in [0.2, 0.25) is 0 Å². The number of ether oxygens (including phenoxy) is 1. The zero-order valence-electron chi connectivity index (χ0n) is 13.0. The van der Waals surface area contributed by atoms with Gasteiger partial charge in [0.15, 0.2) is 5.13 Å². The van der Waals surface area contributed by atoms with Crippen molar-refractivity contribution in [1.29, 1.82) is 0 Å². The lowest BCUT2D eigenvalue weighted by atomic mass is 10.1. The van der Waals surface area contributed by atoms with Crippen LogP contribution >= 0.6 is 22.9 Å². The van der Waals surface area contributed by atoms with Crippen molar-refractivity contribution in [2.45, 2.75) is 6.61 Å². The Morgan fingerprint density at radius 1 is 1.21 bits per heavy atom. The molecule has 1 aromatic heterocycles. The normalized spacial score (nSPS) is 10.6. The van der Waals surface area contributed by atoms with Gasteiger partial charge in [0, 0.05) is 28.6 Å². The van der Waals surface area contributed by atoms with Crippen LogP contribution in [-0.2, 0) is 11.3 Å². The van der Waals surface area contributed by atoms with Crippen LogP contribution in [0.15, 0.2) is 53.9 Å². The molecule has 0 aliphatic carbocycles. The van der Waals surface area contributed by atoms with E-state index < -0.39 is 0 Å². The average molecular weight is 359 g/mol. The fourth-order valence-electron chi connectivity index (χ4n) is 2.27. The quantitative estimate of drug-likeness (QED) is 0.708. The molecule has 0 atom stereocenters. The molecule has 1 heterocycles. The first-order valence-corrected chi connectivity index (χ1v) is 8.53. The number of thiazole rings is 1. The number of aromatic nitrogens is 1. The van der Waals surface area contributed by atoms with Gasteiger partial charge in [-0.25, -0.2) is 4.98 Å². The Kier molecular flexibility index (Phi) is 5.25. The third-order valence-corrected chi connectivity index (χ3v) is 4.44. The Morgan fingerprint density at radius 3 is 2.71 bits per heavy atom. The SMILES string of the molecule is COCc1ccccc1C(=O)Nc1nc(-c2ccc(Cl)cc2)cs1. The lowest BCUT2D eigenvalue weighted by Gasteiger charge is -2.07. The van der Waals surface area contributed by atoms with Crippen molar-refractivity contribution in [2.75, 3.05) is 12.4 Å². The number of nitrogens with one attached hydrogen (secondary N) is 1. The van der Waals surface area contributed by atoms with Crippen molar-refractivity contribution in [3.05, 3.63) is 70.1 Å². The summed E-state index contributed by atoms with van der Waals surface area (Å²) in [5.41, 5.74) is 3.18. The maximum absolute atomic E-state index is 12.5. The Labute approximate surface area is 149 Å². The number of rotatable bonds is 5. The summed E-state index contributed by atoms with van der Waals surface area (Å²) in [5.74, 6) is -0.195. The van der Waals surface area contributed by atoms with Crippen LogP contribution in [0.2, 0.25) is 5.02 Å². The number of hydrogen-bond acceptors (Lipinski definition) is 4. The second-order valence-electron chi connectivity index (χ2n) is 5.09. The summed E-state index contributed by atoms with van der Waals surface area (Å²) >= 11 is 7.28. The molecule has 1 amide bonds. The van der Waals surface area contributed by atoms with E-state index in [1.54, 1.807) is 13.2 Å². The molecule has 0 saturated carbocycles. The minimum absolute atomic E-state index is 0.195. The zero-order chi connectivity index (χ0) is 16.9. The number of carbonyl (C=O) groups excluding carboxylic acids is 1. The molecule has 6 heteroatoms. The first kappa shape index (κ1) is 16.6. The zero-order valence-corrected chi connectivity index (χ0v) is 14.5. The van der Waals surface area contributed by atoms with Crippen LogP contribution in [0.25, 0.3) is 11.3 Å². The average Bonchev–Trinajstić information content (AvgIpc) is 3.05. The highest BCUT2D eigenvalue weighted by atomic mass is 35.5. The predicted molar refractivity (Wildman–Crippen MR) is 97.7 cm³/mol. The van der Waals surface area contributed by atoms with Crippen LogP contribution in [0, 0.1) is 0 Å². The number of anilines is 1. The van der Waals surface area contributed by atoms with Gasteiger partial charge < -0.3 is 4.74 Å². The van der Waals surface area contributed by atoms with Gasteiger partial charge in [-0.2, -0.15) is 0 Å². The number of hydrogen-bond donors (Lipinski definition) is 1. The second kappa shape index (κ2) is 7.57. The van der Waals surface area contributed by atoms with Gasteiger partial charge in [-0.1, -0.05) is 41.9 Å². The molecule has 1 N–H and O–H groups in total. The Morgan fingerprint density at radius 2 is 1.96 bits per heavy atom. The molecule has 0 radical (unpaired) electrons. The number of amides is 1. The van der Waals surface area contributed by atoms with Crippen molar-refractivity contribution in [2.24, 2.45) is 0 Å². The summed E-state index contributed by atoms with van der Waals surface area (Å²) in [6.07, 6.45) is 0.